The van der Waals surface area contributed by atoms with Gasteiger partial charge in [-0.25, -0.2) is 9.48 Å². The third-order valence-electron chi connectivity index (χ3n) is 3.45. The first-order valence-corrected chi connectivity index (χ1v) is 6.95. The van der Waals surface area contributed by atoms with E-state index in [9.17, 15) is 9.59 Å². The Morgan fingerprint density at radius 2 is 2.09 bits per heavy atom. The number of rotatable bonds is 6. The lowest BCUT2D eigenvalue weighted by Gasteiger charge is -2.14. The van der Waals surface area contributed by atoms with Gasteiger partial charge in [-0.1, -0.05) is 29.5 Å². The van der Waals surface area contributed by atoms with Crippen LogP contribution in [0.1, 0.15) is 34.5 Å². The summed E-state index contributed by atoms with van der Waals surface area (Å²) in [7, 11) is 0. The Hall–Kier alpha value is -2.70. The van der Waals surface area contributed by atoms with E-state index >= 15 is 0 Å². The largest absolute Gasteiger partial charge is 0.476 e. The zero-order valence-corrected chi connectivity index (χ0v) is 12.5. The van der Waals surface area contributed by atoms with Crippen molar-refractivity contribution in [1.29, 1.82) is 0 Å². The van der Waals surface area contributed by atoms with Crippen molar-refractivity contribution >= 4 is 11.9 Å². The molecule has 2 N–H and O–H groups in total. The van der Waals surface area contributed by atoms with Crippen molar-refractivity contribution in [1.82, 2.24) is 20.3 Å². The quantitative estimate of drug-likeness (QED) is 0.836. The predicted octanol–water partition coefficient (Wildman–Crippen LogP) is 1.20. The lowest BCUT2D eigenvalue weighted by atomic mass is 9.96. The molecule has 0 spiro atoms. The molecular formula is C15H18N4O3. The first-order valence-electron chi connectivity index (χ1n) is 6.95. The van der Waals surface area contributed by atoms with E-state index in [0.717, 1.165) is 11.1 Å². The smallest absolute Gasteiger partial charge is 0.358 e. The Bertz CT molecular complexity index is 681. The van der Waals surface area contributed by atoms with Gasteiger partial charge in [0.25, 0.3) is 0 Å². The van der Waals surface area contributed by atoms with Gasteiger partial charge < -0.3 is 10.4 Å². The van der Waals surface area contributed by atoms with Crippen molar-refractivity contribution in [3.8, 4) is 0 Å². The number of amides is 1. The molecule has 0 saturated heterocycles. The molecule has 1 aromatic carbocycles. The van der Waals surface area contributed by atoms with Crippen LogP contribution in [0.5, 0.6) is 0 Å². The second-order valence-corrected chi connectivity index (χ2v) is 5.04. The van der Waals surface area contributed by atoms with E-state index in [4.69, 9.17) is 5.11 Å². The van der Waals surface area contributed by atoms with E-state index in [1.165, 1.54) is 10.9 Å². The summed E-state index contributed by atoms with van der Waals surface area (Å²) in [5, 5.41) is 18.8. The Morgan fingerprint density at radius 1 is 1.36 bits per heavy atom. The molecule has 0 saturated carbocycles. The van der Waals surface area contributed by atoms with Crippen LogP contribution >= 0.6 is 0 Å². The molecule has 0 aliphatic carbocycles. The number of benzene rings is 1. The molecule has 116 valence electrons. The van der Waals surface area contributed by atoms with Gasteiger partial charge >= 0.3 is 5.97 Å². The molecule has 2 rings (SSSR count). The lowest BCUT2D eigenvalue weighted by molar-refractivity contribution is -0.122. The van der Waals surface area contributed by atoms with Gasteiger partial charge in [-0.2, -0.15) is 0 Å². The first kappa shape index (κ1) is 15.7. The zero-order valence-electron chi connectivity index (χ0n) is 12.5. The normalized spacial score (nSPS) is 11.9. The maximum absolute atomic E-state index is 12.1. The summed E-state index contributed by atoms with van der Waals surface area (Å²) in [6.07, 6.45) is 1.33. The van der Waals surface area contributed by atoms with E-state index in [1.54, 1.807) is 0 Å². The zero-order chi connectivity index (χ0) is 16.1. The lowest BCUT2D eigenvalue weighted by Crippen LogP contribution is -2.31. The van der Waals surface area contributed by atoms with Crippen LogP contribution in [0.15, 0.2) is 30.5 Å². The number of aromatic carboxylic acids is 1. The molecule has 2 aromatic rings. The van der Waals surface area contributed by atoms with Gasteiger partial charge in [-0.05, 0) is 25.0 Å². The first-order chi connectivity index (χ1) is 10.5. The SMILES string of the molecule is Cc1ccccc1C(C)C(=O)NCCn1cc(C(=O)O)nn1. The van der Waals surface area contributed by atoms with E-state index in [0.29, 0.717) is 13.1 Å². The van der Waals surface area contributed by atoms with Crippen LogP contribution < -0.4 is 5.32 Å². The van der Waals surface area contributed by atoms with Crippen LogP contribution in [0.4, 0.5) is 0 Å². The van der Waals surface area contributed by atoms with Gasteiger partial charge in [0.15, 0.2) is 5.69 Å². The molecule has 1 atom stereocenters. The maximum atomic E-state index is 12.1. The number of hydrogen-bond acceptors (Lipinski definition) is 4. The third kappa shape index (κ3) is 3.69. The highest BCUT2D eigenvalue weighted by atomic mass is 16.4. The Morgan fingerprint density at radius 3 is 2.73 bits per heavy atom. The van der Waals surface area contributed by atoms with E-state index in [1.807, 2.05) is 38.1 Å². The Labute approximate surface area is 128 Å². The molecule has 0 aliphatic rings. The minimum Gasteiger partial charge on any atom is -0.476 e. The summed E-state index contributed by atoms with van der Waals surface area (Å²) >= 11 is 0. The minimum atomic E-state index is -1.12. The average Bonchev–Trinajstić information content (AvgIpc) is 2.96. The van der Waals surface area contributed by atoms with Crippen LogP contribution in [-0.2, 0) is 11.3 Å². The summed E-state index contributed by atoms with van der Waals surface area (Å²) in [6, 6.07) is 7.77. The number of aryl methyl sites for hydroxylation is 1. The standard InChI is InChI=1S/C15H18N4O3/c1-10-5-3-4-6-12(10)11(2)14(20)16-7-8-19-9-13(15(21)22)17-18-19/h3-6,9,11H,7-8H2,1-2H3,(H,16,20)(H,21,22). The molecule has 1 unspecified atom stereocenters. The number of carboxylic acids is 1. The van der Waals surface area contributed by atoms with Crippen molar-refractivity contribution in [2.45, 2.75) is 26.3 Å². The summed E-state index contributed by atoms with van der Waals surface area (Å²) in [6.45, 7) is 4.56. The van der Waals surface area contributed by atoms with Crippen molar-refractivity contribution in [2.75, 3.05) is 6.54 Å². The maximum Gasteiger partial charge on any atom is 0.358 e. The van der Waals surface area contributed by atoms with Crippen molar-refractivity contribution in [3.05, 3.63) is 47.3 Å². The summed E-state index contributed by atoms with van der Waals surface area (Å²) in [4.78, 5) is 22.8. The number of nitrogens with one attached hydrogen (secondary N) is 1. The fourth-order valence-electron chi connectivity index (χ4n) is 2.17. The number of aromatic nitrogens is 3. The van der Waals surface area contributed by atoms with E-state index in [2.05, 4.69) is 15.6 Å². The van der Waals surface area contributed by atoms with Crippen molar-refractivity contribution < 1.29 is 14.7 Å². The molecule has 0 radical (unpaired) electrons. The molecule has 7 heteroatoms. The number of carbonyl (C=O) groups excluding carboxylic acids is 1. The van der Waals surface area contributed by atoms with E-state index < -0.39 is 5.97 Å². The van der Waals surface area contributed by atoms with E-state index in [-0.39, 0.29) is 17.5 Å². The molecule has 22 heavy (non-hydrogen) atoms. The predicted molar refractivity (Wildman–Crippen MR) is 79.6 cm³/mol. The van der Waals surface area contributed by atoms with Gasteiger partial charge in [0.05, 0.1) is 18.7 Å². The second-order valence-electron chi connectivity index (χ2n) is 5.04. The van der Waals surface area contributed by atoms with Gasteiger partial charge in [0.1, 0.15) is 0 Å². The summed E-state index contributed by atoms with van der Waals surface area (Å²) in [5.74, 6) is -1.44. The van der Waals surface area contributed by atoms with Crippen LogP contribution in [0.3, 0.4) is 0 Å². The molecular weight excluding hydrogens is 284 g/mol. The topological polar surface area (TPSA) is 97.1 Å². The fourth-order valence-corrected chi connectivity index (χ4v) is 2.17. The number of hydrogen-bond donors (Lipinski definition) is 2. The van der Waals surface area contributed by atoms with Crippen LogP contribution in [0.25, 0.3) is 0 Å². The van der Waals surface area contributed by atoms with Crippen molar-refractivity contribution in [2.24, 2.45) is 0 Å². The molecule has 1 amide bonds. The Balaban J connectivity index is 1.87. The van der Waals surface area contributed by atoms with Crippen LogP contribution in [0.2, 0.25) is 0 Å². The molecule has 1 heterocycles. The Kier molecular flexibility index (Phi) is 4.88. The van der Waals surface area contributed by atoms with Gasteiger partial charge in [0, 0.05) is 6.54 Å². The molecule has 7 nitrogen and oxygen atoms in total. The fraction of sp³-hybridized carbons (Fsp3) is 0.333. The van der Waals surface area contributed by atoms with Crippen molar-refractivity contribution in [3.63, 3.8) is 0 Å². The van der Waals surface area contributed by atoms with Crippen LogP contribution in [0, 0.1) is 6.92 Å². The average molecular weight is 302 g/mol. The number of carbonyl (C=O) groups is 2. The molecule has 0 bridgehead atoms. The highest BCUT2D eigenvalue weighted by Gasteiger charge is 2.16. The number of nitrogens with zero attached hydrogens (tertiary/aromatic N) is 3. The second kappa shape index (κ2) is 6.84. The minimum absolute atomic E-state index is 0.0760. The van der Waals surface area contributed by atoms with Gasteiger partial charge in [-0.3, -0.25) is 4.79 Å². The molecule has 0 aliphatic heterocycles. The highest BCUT2D eigenvalue weighted by Crippen LogP contribution is 2.18. The van der Waals surface area contributed by atoms with Crippen LogP contribution in [-0.4, -0.2) is 38.5 Å². The number of carboxylic acid groups (broad SMARTS) is 1. The third-order valence-corrected chi connectivity index (χ3v) is 3.45. The molecule has 1 aromatic heterocycles. The van der Waals surface area contributed by atoms with Gasteiger partial charge in [-0.15, -0.1) is 5.10 Å². The van der Waals surface area contributed by atoms with Gasteiger partial charge in [0.2, 0.25) is 5.91 Å². The molecule has 0 fully saturated rings. The summed E-state index contributed by atoms with van der Waals surface area (Å²) < 4.78 is 1.39. The summed E-state index contributed by atoms with van der Waals surface area (Å²) in [5.41, 5.74) is 1.96. The highest BCUT2D eigenvalue weighted by molar-refractivity contribution is 5.84. The monoisotopic (exact) mass is 302 g/mol.